The molecule has 0 unspecified atom stereocenters. The van der Waals surface area contributed by atoms with E-state index >= 15 is 0 Å². The Morgan fingerprint density at radius 3 is 2.50 bits per heavy atom. The fraction of sp³-hybridized carbons (Fsp3) is 0.643. The molecule has 0 radical (unpaired) electrons. The van der Waals surface area contributed by atoms with E-state index in [1.807, 2.05) is 27.7 Å². The van der Waals surface area contributed by atoms with Crippen LogP contribution in [0, 0.1) is 19.8 Å². The van der Waals surface area contributed by atoms with Crippen LogP contribution < -0.4 is 5.32 Å². The monoisotopic (exact) mass is 295 g/mol. The van der Waals surface area contributed by atoms with Gasteiger partial charge in [0, 0.05) is 4.88 Å². The van der Waals surface area contributed by atoms with Crippen molar-refractivity contribution in [3.05, 3.63) is 15.6 Å². The van der Waals surface area contributed by atoms with Gasteiger partial charge in [0.05, 0.1) is 12.2 Å². The molecule has 0 aromatic carbocycles. The van der Waals surface area contributed by atoms with Crippen LogP contribution in [0.3, 0.4) is 0 Å². The molecule has 1 aliphatic heterocycles. The van der Waals surface area contributed by atoms with Crippen molar-refractivity contribution >= 4 is 23.3 Å². The van der Waals surface area contributed by atoms with Crippen LogP contribution in [-0.4, -0.2) is 27.4 Å². The van der Waals surface area contributed by atoms with Crippen LogP contribution >= 0.6 is 11.3 Å². The topological polar surface area (TPSA) is 62.3 Å². The van der Waals surface area contributed by atoms with Crippen LogP contribution in [-0.2, 0) is 11.3 Å². The van der Waals surface area contributed by atoms with Gasteiger partial charge in [0.1, 0.15) is 10.5 Å². The Labute approximate surface area is 123 Å². The summed E-state index contributed by atoms with van der Waals surface area (Å²) in [7, 11) is 0. The highest BCUT2D eigenvalue weighted by Gasteiger charge is 2.47. The number of imide groups is 1. The number of carbonyl (C=O) groups excluding carboxylic acids is 2. The molecule has 0 bridgehead atoms. The second-order valence-corrected chi connectivity index (χ2v) is 7.29. The number of rotatable bonds is 4. The first-order valence-corrected chi connectivity index (χ1v) is 7.61. The molecular formula is C14H21N3O2S. The van der Waals surface area contributed by atoms with Gasteiger partial charge in [-0.1, -0.05) is 13.8 Å². The molecule has 1 aromatic rings. The Morgan fingerprint density at radius 1 is 1.35 bits per heavy atom. The number of carbonyl (C=O) groups is 2. The summed E-state index contributed by atoms with van der Waals surface area (Å²) in [5.41, 5.74) is 0.175. The lowest BCUT2D eigenvalue weighted by molar-refractivity contribution is -0.131. The predicted octanol–water partition coefficient (Wildman–Crippen LogP) is 2.62. The third kappa shape index (κ3) is 2.70. The van der Waals surface area contributed by atoms with E-state index in [4.69, 9.17) is 0 Å². The highest BCUT2D eigenvalue weighted by Crippen LogP contribution is 2.27. The average Bonchev–Trinajstić information content (AvgIpc) is 2.71. The second kappa shape index (κ2) is 5.16. The summed E-state index contributed by atoms with van der Waals surface area (Å²) in [4.78, 5) is 31.3. The van der Waals surface area contributed by atoms with E-state index in [9.17, 15) is 9.59 Å². The van der Waals surface area contributed by atoms with Gasteiger partial charge >= 0.3 is 6.03 Å². The number of nitrogens with one attached hydrogen (secondary N) is 1. The smallest absolute Gasteiger partial charge is 0.323 e. The number of amides is 3. The lowest BCUT2D eigenvalue weighted by Crippen LogP contribution is -2.44. The summed E-state index contributed by atoms with van der Waals surface area (Å²) in [6.07, 6.45) is 0.643. The maximum atomic E-state index is 12.5. The Morgan fingerprint density at radius 2 is 2.00 bits per heavy atom. The Bertz CT molecular complexity index is 533. The van der Waals surface area contributed by atoms with Gasteiger partial charge in [-0.05, 0) is 33.1 Å². The minimum atomic E-state index is -0.785. The molecule has 1 saturated heterocycles. The highest BCUT2D eigenvalue weighted by molar-refractivity contribution is 7.11. The normalized spacial score (nSPS) is 22.8. The zero-order chi connectivity index (χ0) is 15.1. The van der Waals surface area contributed by atoms with Crippen molar-refractivity contribution < 1.29 is 9.59 Å². The summed E-state index contributed by atoms with van der Waals surface area (Å²) in [5, 5.41) is 3.62. The molecule has 1 N–H and O–H groups in total. The van der Waals surface area contributed by atoms with Crippen LogP contribution in [0.4, 0.5) is 4.79 Å². The zero-order valence-electron chi connectivity index (χ0n) is 12.6. The molecule has 0 aliphatic carbocycles. The molecule has 1 atom stereocenters. The van der Waals surface area contributed by atoms with E-state index in [0.717, 1.165) is 15.6 Å². The molecule has 5 nitrogen and oxygen atoms in total. The van der Waals surface area contributed by atoms with Crippen LogP contribution in [0.1, 0.15) is 42.8 Å². The molecule has 0 spiro atoms. The van der Waals surface area contributed by atoms with E-state index in [-0.39, 0.29) is 18.5 Å². The summed E-state index contributed by atoms with van der Waals surface area (Å²) >= 11 is 1.53. The van der Waals surface area contributed by atoms with Gasteiger partial charge in [-0.25, -0.2) is 9.78 Å². The first kappa shape index (κ1) is 15.0. The van der Waals surface area contributed by atoms with E-state index in [2.05, 4.69) is 10.3 Å². The molecule has 1 fully saturated rings. The van der Waals surface area contributed by atoms with Gasteiger partial charge < -0.3 is 5.32 Å². The molecule has 110 valence electrons. The Kier molecular flexibility index (Phi) is 3.86. The highest BCUT2D eigenvalue weighted by atomic mass is 32.1. The molecule has 6 heteroatoms. The maximum absolute atomic E-state index is 12.5. The van der Waals surface area contributed by atoms with Crippen molar-refractivity contribution in [1.29, 1.82) is 0 Å². The zero-order valence-corrected chi connectivity index (χ0v) is 13.4. The fourth-order valence-electron chi connectivity index (χ4n) is 2.59. The fourth-order valence-corrected chi connectivity index (χ4v) is 3.51. The molecule has 1 aromatic heterocycles. The van der Waals surface area contributed by atoms with Gasteiger partial charge in [0.25, 0.3) is 5.91 Å². The summed E-state index contributed by atoms with van der Waals surface area (Å²) in [6, 6.07) is -0.316. The number of nitrogens with zero attached hydrogens (tertiary/aromatic N) is 2. The van der Waals surface area contributed by atoms with Gasteiger partial charge in [0.15, 0.2) is 0 Å². The molecular weight excluding hydrogens is 274 g/mol. The number of hydrogen-bond donors (Lipinski definition) is 1. The Hall–Kier alpha value is -1.43. The van der Waals surface area contributed by atoms with Crippen molar-refractivity contribution in [2.45, 2.75) is 53.1 Å². The molecule has 2 rings (SSSR count). The minimum Gasteiger partial charge on any atom is -0.323 e. The van der Waals surface area contributed by atoms with Crippen molar-refractivity contribution in [3.63, 3.8) is 0 Å². The van der Waals surface area contributed by atoms with Gasteiger partial charge in [-0.2, -0.15) is 0 Å². The summed E-state index contributed by atoms with van der Waals surface area (Å²) < 4.78 is 0. The first-order valence-electron chi connectivity index (χ1n) is 6.80. The Balaban J connectivity index is 2.17. The van der Waals surface area contributed by atoms with Crippen molar-refractivity contribution in [2.24, 2.45) is 5.92 Å². The number of hydrogen-bond acceptors (Lipinski definition) is 4. The van der Waals surface area contributed by atoms with Gasteiger partial charge in [-0.3, -0.25) is 9.69 Å². The predicted molar refractivity (Wildman–Crippen MR) is 78.5 cm³/mol. The molecule has 0 saturated carbocycles. The van der Waals surface area contributed by atoms with Crippen LogP contribution in [0.5, 0.6) is 0 Å². The standard InChI is InChI=1S/C14H21N3O2S/c1-8(2)6-14(5)12(18)17(13(19)16-14)7-11-15-9(3)10(4)20-11/h8H,6-7H2,1-5H3,(H,16,19)/t14-/m1/s1. The number of aryl methyl sites for hydroxylation is 2. The lowest BCUT2D eigenvalue weighted by atomic mass is 9.91. The molecule has 2 heterocycles. The van der Waals surface area contributed by atoms with E-state index in [0.29, 0.717) is 12.3 Å². The van der Waals surface area contributed by atoms with Crippen LogP contribution in [0.25, 0.3) is 0 Å². The van der Waals surface area contributed by atoms with E-state index in [1.54, 1.807) is 6.92 Å². The molecule has 20 heavy (non-hydrogen) atoms. The third-order valence-corrected chi connectivity index (χ3v) is 4.59. The van der Waals surface area contributed by atoms with Crippen LogP contribution in [0.15, 0.2) is 0 Å². The SMILES string of the molecule is Cc1nc(CN2C(=O)N[C@](C)(CC(C)C)C2=O)sc1C. The summed E-state index contributed by atoms with van der Waals surface area (Å²) in [5.74, 6) is 0.190. The third-order valence-electron chi connectivity index (χ3n) is 3.53. The molecule has 1 aliphatic rings. The van der Waals surface area contributed by atoms with E-state index < -0.39 is 5.54 Å². The minimum absolute atomic E-state index is 0.151. The summed E-state index contributed by atoms with van der Waals surface area (Å²) in [6.45, 7) is 10.1. The lowest BCUT2D eigenvalue weighted by Gasteiger charge is -2.23. The second-order valence-electron chi connectivity index (χ2n) is 6.00. The number of thiazole rings is 1. The molecule has 3 amide bonds. The van der Waals surface area contributed by atoms with Gasteiger partial charge in [0.2, 0.25) is 0 Å². The van der Waals surface area contributed by atoms with Crippen LogP contribution in [0.2, 0.25) is 0 Å². The maximum Gasteiger partial charge on any atom is 0.325 e. The first-order chi connectivity index (χ1) is 9.23. The number of urea groups is 1. The van der Waals surface area contributed by atoms with Crippen molar-refractivity contribution in [2.75, 3.05) is 0 Å². The van der Waals surface area contributed by atoms with Crippen molar-refractivity contribution in [3.8, 4) is 0 Å². The largest absolute Gasteiger partial charge is 0.325 e. The van der Waals surface area contributed by atoms with Gasteiger partial charge in [-0.15, -0.1) is 11.3 Å². The number of aromatic nitrogens is 1. The van der Waals surface area contributed by atoms with E-state index in [1.165, 1.54) is 16.2 Å². The average molecular weight is 295 g/mol. The van der Waals surface area contributed by atoms with Crippen molar-refractivity contribution in [1.82, 2.24) is 15.2 Å². The quantitative estimate of drug-likeness (QED) is 0.869.